The molecule has 1 atom stereocenters. The van der Waals surface area contributed by atoms with Crippen molar-refractivity contribution < 1.29 is 4.74 Å². The third kappa shape index (κ3) is 1.85. The van der Waals surface area contributed by atoms with E-state index in [9.17, 15) is 0 Å². The van der Waals surface area contributed by atoms with Gasteiger partial charge in [-0.3, -0.25) is 4.90 Å². The Labute approximate surface area is 91.0 Å². The Morgan fingerprint density at radius 3 is 2.93 bits per heavy atom. The molecule has 1 aliphatic rings. The second kappa shape index (κ2) is 4.21. The van der Waals surface area contributed by atoms with Gasteiger partial charge in [0.2, 0.25) is 0 Å². The van der Waals surface area contributed by atoms with Gasteiger partial charge in [0.05, 0.1) is 13.3 Å². The van der Waals surface area contributed by atoms with Gasteiger partial charge >= 0.3 is 0 Å². The molecule has 1 aromatic rings. The highest BCUT2D eigenvalue weighted by atomic mass is 16.5. The molecular formula is C12H18N2O. The number of nitrogens with zero attached hydrogens (tertiary/aromatic N) is 1. The third-order valence-electron chi connectivity index (χ3n) is 3.09. The number of rotatable bonds is 2. The molecule has 0 amide bonds. The number of nitrogens with one attached hydrogen (secondary N) is 1. The van der Waals surface area contributed by atoms with Crippen LogP contribution in [0, 0.1) is 0 Å². The molecule has 0 bridgehead atoms. The van der Waals surface area contributed by atoms with Crippen LogP contribution in [0.2, 0.25) is 0 Å². The fourth-order valence-corrected chi connectivity index (χ4v) is 2.23. The Morgan fingerprint density at radius 1 is 1.47 bits per heavy atom. The van der Waals surface area contributed by atoms with Gasteiger partial charge < -0.3 is 10.1 Å². The van der Waals surface area contributed by atoms with E-state index in [4.69, 9.17) is 4.74 Å². The number of methoxy groups -OCH3 is 1. The summed E-state index contributed by atoms with van der Waals surface area (Å²) in [5.41, 5.74) is 2.76. The Balaban J connectivity index is 2.38. The molecule has 3 nitrogen and oxygen atoms in total. The zero-order chi connectivity index (χ0) is 10.8. The van der Waals surface area contributed by atoms with Crippen molar-refractivity contribution in [1.82, 2.24) is 10.2 Å². The molecule has 3 heteroatoms. The normalized spacial score (nSPS) is 21.1. The van der Waals surface area contributed by atoms with E-state index in [1.165, 1.54) is 11.1 Å². The summed E-state index contributed by atoms with van der Waals surface area (Å²) in [5.74, 6) is 0.952. The smallest absolute Gasteiger partial charge is 0.119 e. The quantitative estimate of drug-likeness (QED) is 0.791. The maximum absolute atomic E-state index is 5.24. The molecule has 0 saturated carbocycles. The standard InChI is InChI=1S/C12H18N2O/c1-13-12-11-5-4-10(15-3)8-9(11)6-7-14(12)2/h4-5,8,12-13H,6-7H2,1-3H3. The van der Waals surface area contributed by atoms with Crippen molar-refractivity contribution in [3.05, 3.63) is 29.3 Å². The lowest BCUT2D eigenvalue weighted by Crippen LogP contribution is -2.39. The molecule has 0 saturated heterocycles. The summed E-state index contributed by atoms with van der Waals surface area (Å²) in [4.78, 5) is 2.33. The van der Waals surface area contributed by atoms with Crippen LogP contribution in [-0.4, -0.2) is 32.6 Å². The molecule has 82 valence electrons. The average molecular weight is 206 g/mol. The largest absolute Gasteiger partial charge is 0.497 e. The summed E-state index contributed by atoms with van der Waals surface area (Å²) < 4.78 is 5.24. The highest BCUT2D eigenvalue weighted by Crippen LogP contribution is 2.29. The zero-order valence-corrected chi connectivity index (χ0v) is 9.58. The van der Waals surface area contributed by atoms with Crippen molar-refractivity contribution >= 4 is 0 Å². The molecule has 1 aromatic carbocycles. The first-order valence-corrected chi connectivity index (χ1v) is 5.30. The Hall–Kier alpha value is -1.06. The van der Waals surface area contributed by atoms with Crippen LogP contribution >= 0.6 is 0 Å². The van der Waals surface area contributed by atoms with Crippen LogP contribution in [0.25, 0.3) is 0 Å². The van der Waals surface area contributed by atoms with E-state index in [1.807, 2.05) is 13.1 Å². The van der Waals surface area contributed by atoms with Gasteiger partial charge in [0.25, 0.3) is 0 Å². The molecule has 1 unspecified atom stereocenters. The molecule has 0 spiro atoms. The van der Waals surface area contributed by atoms with Crippen LogP contribution in [0.5, 0.6) is 5.75 Å². The van der Waals surface area contributed by atoms with Gasteiger partial charge in [0.15, 0.2) is 0 Å². The molecule has 1 heterocycles. The molecule has 0 radical (unpaired) electrons. The predicted octanol–water partition coefficient (Wildman–Crippen LogP) is 1.40. The molecule has 0 fully saturated rings. The first kappa shape index (κ1) is 10.5. The van der Waals surface area contributed by atoms with Crippen LogP contribution in [0.4, 0.5) is 0 Å². The van der Waals surface area contributed by atoms with E-state index in [0.29, 0.717) is 6.17 Å². The highest BCUT2D eigenvalue weighted by molar-refractivity contribution is 5.38. The molecular weight excluding hydrogens is 188 g/mol. The number of benzene rings is 1. The van der Waals surface area contributed by atoms with E-state index >= 15 is 0 Å². The van der Waals surface area contributed by atoms with Crippen molar-refractivity contribution in [3.63, 3.8) is 0 Å². The van der Waals surface area contributed by atoms with Crippen molar-refractivity contribution in [1.29, 1.82) is 0 Å². The lowest BCUT2D eigenvalue weighted by molar-refractivity contribution is 0.203. The average Bonchev–Trinajstić information content (AvgIpc) is 2.28. The molecule has 2 rings (SSSR count). The number of ether oxygens (including phenoxy) is 1. The lowest BCUT2D eigenvalue weighted by atomic mass is 9.97. The van der Waals surface area contributed by atoms with Gasteiger partial charge in [-0.15, -0.1) is 0 Å². The Kier molecular flexibility index (Phi) is 2.93. The minimum atomic E-state index is 0.333. The van der Waals surface area contributed by atoms with Crippen LogP contribution in [0.3, 0.4) is 0 Å². The maximum atomic E-state index is 5.24. The van der Waals surface area contributed by atoms with Crippen LogP contribution in [0.15, 0.2) is 18.2 Å². The number of hydrogen-bond acceptors (Lipinski definition) is 3. The van der Waals surface area contributed by atoms with Crippen molar-refractivity contribution in [2.75, 3.05) is 27.7 Å². The van der Waals surface area contributed by atoms with Gasteiger partial charge in [-0.25, -0.2) is 0 Å². The lowest BCUT2D eigenvalue weighted by Gasteiger charge is -2.34. The summed E-state index contributed by atoms with van der Waals surface area (Å²) in [5, 5.41) is 3.33. The van der Waals surface area contributed by atoms with E-state index < -0.39 is 0 Å². The molecule has 0 aliphatic carbocycles. The maximum Gasteiger partial charge on any atom is 0.119 e. The molecule has 15 heavy (non-hydrogen) atoms. The Morgan fingerprint density at radius 2 is 2.27 bits per heavy atom. The number of fused-ring (bicyclic) bond motifs is 1. The summed E-state index contributed by atoms with van der Waals surface area (Å²) in [6.07, 6.45) is 1.43. The fourth-order valence-electron chi connectivity index (χ4n) is 2.23. The van der Waals surface area contributed by atoms with Crippen LogP contribution < -0.4 is 10.1 Å². The third-order valence-corrected chi connectivity index (χ3v) is 3.09. The van der Waals surface area contributed by atoms with Crippen LogP contribution in [-0.2, 0) is 6.42 Å². The first-order chi connectivity index (χ1) is 7.26. The van der Waals surface area contributed by atoms with Crippen molar-refractivity contribution in [2.45, 2.75) is 12.6 Å². The monoisotopic (exact) mass is 206 g/mol. The second-order valence-electron chi connectivity index (χ2n) is 3.99. The van der Waals surface area contributed by atoms with Gasteiger partial charge in [0, 0.05) is 6.54 Å². The zero-order valence-electron chi connectivity index (χ0n) is 9.58. The van der Waals surface area contributed by atoms with Gasteiger partial charge in [-0.2, -0.15) is 0 Å². The topological polar surface area (TPSA) is 24.5 Å². The first-order valence-electron chi connectivity index (χ1n) is 5.30. The summed E-state index contributed by atoms with van der Waals surface area (Å²) in [7, 11) is 5.86. The molecule has 0 aromatic heterocycles. The second-order valence-corrected chi connectivity index (χ2v) is 3.99. The minimum Gasteiger partial charge on any atom is -0.497 e. The number of hydrogen-bond donors (Lipinski definition) is 1. The summed E-state index contributed by atoms with van der Waals surface area (Å²) >= 11 is 0. The minimum absolute atomic E-state index is 0.333. The van der Waals surface area contributed by atoms with Crippen molar-refractivity contribution in [3.8, 4) is 5.75 Å². The van der Waals surface area contributed by atoms with Gasteiger partial charge in [-0.1, -0.05) is 6.07 Å². The number of likely N-dealkylation sites (N-methyl/N-ethyl adjacent to an activating group) is 1. The SMILES string of the molecule is CNC1c2ccc(OC)cc2CCN1C. The van der Waals surface area contributed by atoms with Gasteiger partial charge in [0.1, 0.15) is 5.75 Å². The van der Waals surface area contributed by atoms with Crippen molar-refractivity contribution in [2.24, 2.45) is 0 Å². The molecule has 1 N–H and O–H groups in total. The highest BCUT2D eigenvalue weighted by Gasteiger charge is 2.23. The van der Waals surface area contributed by atoms with E-state index in [-0.39, 0.29) is 0 Å². The molecule has 1 aliphatic heterocycles. The summed E-state index contributed by atoms with van der Waals surface area (Å²) in [6, 6.07) is 6.33. The van der Waals surface area contributed by atoms with Crippen LogP contribution in [0.1, 0.15) is 17.3 Å². The van der Waals surface area contributed by atoms with E-state index in [0.717, 1.165) is 18.7 Å². The van der Waals surface area contributed by atoms with E-state index in [1.54, 1.807) is 7.11 Å². The van der Waals surface area contributed by atoms with Gasteiger partial charge in [-0.05, 0) is 43.8 Å². The van der Waals surface area contributed by atoms with E-state index in [2.05, 4.69) is 29.4 Å². The summed E-state index contributed by atoms with van der Waals surface area (Å²) in [6.45, 7) is 1.09. The fraction of sp³-hybridized carbons (Fsp3) is 0.500. The Bertz CT molecular complexity index is 351. The predicted molar refractivity (Wildman–Crippen MR) is 61.1 cm³/mol.